The highest BCUT2D eigenvalue weighted by Crippen LogP contribution is 2.24. The molecule has 1 atom stereocenters. The minimum Gasteiger partial charge on any atom is -0.351 e. The third kappa shape index (κ3) is 4.13. The van der Waals surface area contributed by atoms with E-state index in [0.29, 0.717) is 5.25 Å². The summed E-state index contributed by atoms with van der Waals surface area (Å²) >= 11 is 7.63. The SMILES string of the molecule is O=C(NCC1CCCCS1)c1cc(I)ccc1Br. The Labute approximate surface area is 134 Å². The zero-order valence-corrected chi connectivity index (χ0v) is 14.5. The summed E-state index contributed by atoms with van der Waals surface area (Å²) in [4.78, 5) is 12.1. The Bertz CT molecular complexity index is 435. The van der Waals surface area contributed by atoms with Crippen molar-refractivity contribution in [2.45, 2.75) is 24.5 Å². The highest BCUT2D eigenvalue weighted by molar-refractivity contribution is 14.1. The highest BCUT2D eigenvalue weighted by Gasteiger charge is 2.16. The second kappa shape index (κ2) is 7.14. The number of carbonyl (C=O) groups excluding carboxylic acids is 1. The number of nitrogens with one attached hydrogen (secondary N) is 1. The second-order valence-corrected chi connectivity index (χ2v) is 7.83. The highest BCUT2D eigenvalue weighted by atomic mass is 127. The molecule has 1 aliphatic heterocycles. The van der Waals surface area contributed by atoms with Gasteiger partial charge in [0.1, 0.15) is 0 Å². The van der Waals surface area contributed by atoms with Gasteiger partial charge in [-0.15, -0.1) is 0 Å². The Balaban J connectivity index is 1.92. The van der Waals surface area contributed by atoms with Crippen molar-refractivity contribution in [1.29, 1.82) is 0 Å². The first-order valence-corrected chi connectivity index (χ1v) is 8.94. The first-order chi connectivity index (χ1) is 8.66. The van der Waals surface area contributed by atoms with E-state index in [1.54, 1.807) is 0 Å². The fraction of sp³-hybridized carbons (Fsp3) is 0.462. The Kier molecular flexibility index (Phi) is 5.82. The van der Waals surface area contributed by atoms with Gasteiger partial charge in [-0.25, -0.2) is 0 Å². The summed E-state index contributed by atoms with van der Waals surface area (Å²) in [7, 11) is 0. The van der Waals surface area contributed by atoms with Gasteiger partial charge in [0.15, 0.2) is 0 Å². The van der Waals surface area contributed by atoms with Crippen molar-refractivity contribution < 1.29 is 4.79 Å². The molecule has 0 spiro atoms. The third-order valence-corrected chi connectivity index (χ3v) is 5.70. The lowest BCUT2D eigenvalue weighted by atomic mass is 10.1. The van der Waals surface area contributed by atoms with Crippen LogP contribution < -0.4 is 5.32 Å². The standard InChI is InChI=1S/C13H15BrINOS/c14-12-5-4-9(15)7-11(12)13(17)16-8-10-3-1-2-6-18-10/h4-5,7,10H,1-3,6,8H2,(H,16,17). The lowest BCUT2D eigenvalue weighted by Crippen LogP contribution is -2.32. The number of thioether (sulfide) groups is 1. The van der Waals surface area contributed by atoms with Gasteiger partial charge in [-0.1, -0.05) is 6.42 Å². The predicted octanol–water partition coefficient (Wildman–Crippen LogP) is 4.07. The quantitative estimate of drug-likeness (QED) is 0.719. The van der Waals surface area contributed by atoms with Crippen molar-refractivity contribution in [2.24, 2.45) is 0 Å². The maximum atomic E-state index is 12.1. The molecule has 0 radical (unpaired) electrons. The molecule has 1 heterocycles. The fourth-order valence-corrected chi connectivity index (χ4v) is 4.10. The number of halogens is 2. The normalized spacial score (nSPS) is 19.6. The molecule has 1 aliphatic rings. The van der Waals surface area contributed by atoms with Gasteiger partial charge in [0, 0.05) is 19.8 Å². The molecule has 0 saturated carbocycles. The lowest BCUT2D eigenvalue weighted by molar-refractivity contribution is 0.0952. The van der Waals surface area contributed by atoms with Crippen molar-refractivity contribution in [3.8, 4) is 0 Å². The molecule has 1 saturated heterocycles. The van der Waals surface area contributed by atoms with Gasteiger partial charge < -0.3 is 5.32 Å². The van der Waals surface area contributed by atoms with Gasteiger partial charge >= 0.3 is 0 Å². The summed E-state index contributed by atoms with van der Waals surface area (Å²) in [6, 6.07) is 5.82. The summed E-state index contributed by atoms with van der Waals surface area (Å²) in [6.07, 6.45) is 3.83. The molecule has 1 amide bonds. The van der Waals surface area contributed by atoms with Crippen LogP contribution in [0.3, 0.4) is 0 Å². The van der Waals surface area contributed by atoms with Crippen LogP contribution in [0, 0.1) is 3.57 Å². The summed E-state index contributed by atoms with van der Waals surface area (Å²) < 4.78 is 1.93. The second-order valence-electron chi connectivity index (χ2n) is 4.32. The van der Waals surface area contributed by atoms with E-state index in [0.717, 1.165) is 20.2 Å². The van der Waals surface area contributed by atoms with E-state index in [1.807, 2.05) is 30.0 Å². The van der Waals surface area contributed by atoms with Crippen LogP contribution in [0.5, 0.6) is 0 Å². The molecule has 2 nitrogen and oxygen atoms in total. The molecule has 0 aromatic heterocycles. The van der Waals surface area contributed by atoms with Gasteiger partial charge in [-0.05, 0) is 75.3 Å². The van der Waals surface area contributed by atoms with E-state index >= 15 is 0 Å². The van der Waals surface area contributed by atoms with E-state index in [2.05, 4.69) is 43.8 Å². The van der Waals surface area contributed by atoms with Gasteiger partial charge in [0.25, 0.3) is 5.91 Å². The number of hydrogen-bond acceptors (Lipinski definition) is 2. The van der Waals surface area contributed by atoms with Crippen LogP contribution >= 0.6 is 50.3 Å². The molecule has 5 heteroatoms. The fourth-order valence-electron chi connectivity index (χ4n) is 1.94. The van der Waals surface area contributed by atoms with Crippen molar-refractivity contribution in [3.63, 3.8) is 0 Å². The number of hydrogen-bond donors (Lipinski definition) is 1. The van der Waals surface area contributed by atoms with E-state index in [9.17, 15) is 4.79 Å². The van der Waals surface area contributed by atoms with Crippen LogP contribution in [0.15, 0.2) is 22.7 Å². The van der Waals surface area contributed by atoms with Crippen LogP contribution in [0.25, 0.3) is 0 Å². The Morgan fingerprint density at radius 3 is 3.06 bits per heavy atom. The molecular weight excluding hydrogens is 425 g/mol. The summed E-state index contributed by atoms with van der Waals surface area (Å²) in [6.45, 7) is 0.779. The maximum absolute atomic E-state index is 12.1. The van der Waals surface area contributed by atoms with Crippen LogP contribution in [-0.4, -0.2) is 23.5 Å². The lowest BCUT2D eigenvalue weighted by Gasteiger charge is -2.21. The van der Waals surface area contributed by atoms with Gasteiger partial charge in [0.2, 0.25) is 0 Å². The van der Waals surface area contributed by atoms with Crippen molar-refractivity contribution in [3.05, 3.63) is 31.8 Å². The average molecular weight is 440 g/mol. The van der Waals surface area contributed by atoms with E-state index in [1.165, 1.54) is 25.0 Å². The van der Waals surface area contributed by atoms with Crippen molar-refractivity contribution >= 4 is 56.2 Å². The monoisotopic (exact) mass is 439 g/mol. The number of carbonyl (C=O) groups is 1. The molecule has 2 rings (SSSR count). The molecule has 0 aliphatic carbocycles. The summed E-state index contributed by atoms with van der Waals surface area (Å²) in [5, 5.41) is 3.63. The minimum atomic E-state index is 0.0200. The number of benzene rings is 1. The predicted molar refractivity (Wildman–Crippen MR) is 89.3 cm³/mol. The summed E-state index contributed by atoms with van der Waals surface area (Å²) in [5.74, 6) is 1.25. The Morgan fingerprint density at radius 1 is 1.50 bits per heavy atom. The zero-order valence-electron chi connectivity index (χ0n) is 9.92. The van der Waals surface area contributed by atoms with Crippen LogP contribution in [0.2, 0.25) is 0 Å². The topological polar surface area (TPSA) is 29.1 Å². The average Bonchev–Trinajstić information content (AvgIpc) is 2.40. The van der Waals surface area contributed by atoms with Crippen LogP contribution in [-0.2, 0) is 0 Å². The largest absolute Gasteiger partial charge is 0.351 e. The maximum Gasteiger partial charge on any atom is 0.252 e. The van der Waals surface area contributed by atoms with E-state index < -0.39 is 0 Å². The van der Waals surface area contributed by atoms with Crippen molar-refractivity contribution in [2.75, 3.05) is 12.3 Å². The van der Waals surface area contributed by atoms with Crippen LogP contribution in [0.4, 0.5) is 0 Å². The first kappa shape index (κ1) is 14.7. The van der Waals surface area contributed by atoms with Gasteiger partial charge in [0.05, 0.1) is 5.56 Å². The molecule has 1 N–H and O–H groups in total. The van der Waals surface area contributed by atoms with E-state index in [4.69, 9.17) is 0 Å². The van der Waals surface area contributed by atoms with Crippen LogP contribution in [0.1, 0.15) is 29.6 Å². The van der Waals surface area contributed by atoms with Gasteiger partial charge in [-0.3, -0.25) is 4.79 Å². The number of amides is 1. The Morgan fingerprint density at radius 2 is 2.33 bits per heavy atom. The molecule has 1 aromatic rings. The molecule has 1 fully saturated rings. The van der Waals surface area contributed by atoms with Crippen molar-refractivity contribution in [1.82, 2.24) is 5.32 Å². The molecule has 1 aromatic carbocycles. The first-order valence-electron chi connectivity index (χ1n) is 6.01. The summed E-state index contributed by atoms with van der Waals surface area (Å²) in [5.41, 5.74) is 0.725. The minimum absolute atomic E-state index is 0.0200. The number of rotatable bonds is 3. The molecule has 0 bridgehead atoms. The molecular formula is C13H15BrINOS. The molecule has 1 unspecified atom stereocenters. The molecule has 18 heavy (non-hydrogen) atoms. The molecule has 98 valence electrons. The van der Waals surface area contributed by atoms with Gasteiger partial charge in [-0.2, -0.15) is 11.8 Å². The Hall–Kier alpha value is 0.250. The van der Waals surface area contributed by atoms with E-state index in [-0.39, 0.29) is 5.91 Å². The smallest absolute Gasteiger partial charge is 0.252 e. The third-order valence-electron chi connectivity index (χ3n) is 2.94. The zero-order chi connectivity index (χ0) is 13.0.